The second-order valence-electron chi connectivity index (χ2n) is 4.47. The molecule has 21 heavy (non-hydrogen) atoms. The third-order valence-corrected chi connectivity index (χ3v) is 4.10. The second-order valence-corrected chi connectivity index (χ2v) is 6.27. The molecular weight excluding hydrogens is 310 g/mol. The van der Waals surface area contributed by atoms with Crippen molar-refractivity contribution in [1.82, 2.24) is 15.5 Å². The number of thiophene rings is 1. The van der Waals surface area contributed by atoms with Gasteiger partial charge in [0.2, 0.25) is 0 Å². The molecule has 3 heterocycles. The van der Waals surface area contributed by atoms with Crippen LogP contribution in [0.25, 0.3) is 11.5 Å². The van der Waals surface area contributed by atoms with Gasteiger partial charge in [0.05, 0.1) is 10.9 Å². The van der Waals surface area contributed by atoms with E-state index in [2.05, 4.69) is 15.5 Å². The van der Waals surface area contributed by atoms with E-state index in [9.17, 15) is 4.79 Å². The number of H-pyrrole nitrogens is 1. The molecule has 2 N–H and O–H groups in total. The molecule has 3 aromatic rings. The van der Waals surface area contributed by atoms with Crippen molar-refractivity contribution in [2.24, 2.45) is 0 Å². The summed E-state index contributed by atoms with van der Waals surface area (Å²) < 4.78 is 6.18. The number of amides is 1. The maximum absolute atomic E-state index is 12.0. The van der Waals surface area contributed by atoms with Gasteiger partial charge < -0.3 is 9.73 Å². The Balaban J connectivity index is 1.66. The second kappa shape index (κ2) is 5.75. The average Bonchev–Trinajstić information content (AvgIpc) is 3.16. The zero-order valence-corrected chi connectivity index (χ0v) is 12.7. The van der Waals surface area contributed by atoms with Crippen LogP contribution in [0.2, 0.25) is 4.34 Å². The number of hydrogen-bond acceptors (Lipinski definition) is 4. The summed E-state index contributed by atoms with van der Waals surface area (Å²) in [5.41, 5.74) is 0.995. The highest BCUT2D eigenvalue weighted by Crippen LogP contribution is 2.22. The van der Waals surface area contributed by atoms with E-state index >= 15 is 0 Å². The maximum atomic E-state index is 12.0. The first-order valence-electron chi connectivity index (χ1n) is 6.26. The molecule has 108 valence electrons. The lowest BCUT2D eigenvalue weighted by atomic mass is 10.3. The first-order chi connectivity index (χ1) is 10.1. The number of rotatable bonds is 4. The molecule has 5 nitrogen and oxygen atoms in total. The Kier molecular flexibility index (Phi) is 3.81. The molecule has 0 aliphatic carbocycles. The number of nitrogens with zero attached hydrogens (tertiary/aromatic N) is 1. The number of aryl methyl sites for hydroxylation is 1. The van der Waals surface area contributed by atoms with Gasteiger partial charge in [-0.2, -0.15) is 5.10 Å². The quantitative estimate of drug-likeness (QED) is 0.771. The van der Waals surface area contributed by atoms with E-state index in [0.717, 1.165) is 10.6 Å². The summed E-state index contributed by atoms with van der Waals surface area (Å²) in [6, 6.07) is 9.04. The van der Waals surface area contributed by atoms with E-state index < -0.39 is 0 Å². The number of hydrogen-bond donors (Lipinski definition) is 2. The molecule has 7 heteroatoms. The summed E-state index contributed by atoms with van der Waals surface area (Å²) in [5.74, 6) is 1.22. The summed E-state index contributed by atoms with van der Waals surface area (Å²) in [5, 5.41) is 9.59. The minimum Gasteiger partial charge on any atom is -0.460 e. The minimum atomic E-state index is -0.245. The van der Waals surface area contributed by atoms with Crippen molar-refractivity contribution in [3.8, 4) is 11.5 Å². The molecule has 0 saturated heterocycles. The Morgan fingerprint density at radius 3 is 2.95 bits per heavy atom. The van der Waals surface area contributed by atoms with Gasteiger partial charge in [-0.15, -0.1) is 11.3 Å². The third-order valence-electron chi connectivity index (χ3n) is 2.87. The van der Waals surface area contributed by atoms with Crippen LogP contribution >= 0.6 is 22.9 Å². The van der Waals surface area contributed by atoms with Gasteiger partial charge in [0.15, 0.2) is 11.5 Å². The number of halogens is 1. The highest BCUT2D eigenvalue weighted by molar-refractivity contribution is 7.16. The number of aromatic nitrogens is 2. The number of nitrogens with one attached hydrogen (secondary N) is 2. The Morgan fingerprint density at radius 2 is 2.29 bits per heavy atom. The van der Waals surface area contributed by atoms with Crippen LogP contribution < -0.4 is 5.32 Å². The molecule has 3 rings (SSSR count). The van der Waals surface area contributed by atoms with E-state index in [1.54, 1.807) is 12.1 Å². The number of furan rings is 1. The Bertz CT molecular complexity index is 775. The van der Waals surface area contributed by atoms with Gasteiger partial charge in [0, 0.05) is 10.9 Å². The monoisotopic (exact) mass is 321 g/mol. The van der Waals surface area contributed by atoms with Crippen molar-refractivity contribution < 1.29 is 9.21 Å². The largest absolute Gasteiger partial charge is 0.460 e. The smallest absolute Gasteiger partial charge is 0.272 e. The van der Waals surface area contributed by atoms with Crippen molar-refractivity contribution in [3.05, 3.63) is 51.0 Å². The van der Waals surface area contributed by atoms with Crippen molar-refractivity contribution in [1.29, 1.82) is 0 Å². The van der Waals surface area contributed by atoms with E-state index in [0.29, 0.717) is 28.0 Å². The molecule has 0 aromatic carbocycles. The molecule has 0 fully saturated rings. The highest BCUT2D eigenvalue weighted by Gasteiger charge is 2.13. The summed E-state index contributed by atoms with van der Waals surface area (Å²) in [4.78, 5) is 13.0. The fourth-order valence-corrected chi connectivity index (χ4v) is 2.88. The van der Waals surface area contributed by atoms with Crippen molar-refractivity contribution in [2.45, 2.75) is 13.5 Å². The summed E-state index contributed by atoms with van der Waals surface area (Å²) >= 11 is 7.28. The van der Waals surface area contributed by atoms with Crippen LogP contribution in [0.15, 0.2) is 34.7 Å². The Morgan fingerprint density at radius 1 is 1.43 bits per heavy atom. The lowest BCUT2D eigenvalue weighted by molar-refractivity contribution is 0.0946. The first-order valence-corrected chi connectivity index (χ1v) is 7.46. The molecule has 0 saturated carbocycles. The lowest BCUT2D eigenvalue weighted by Gasteiger charge is -1.99. The molecule has 0 radical (unpaired) electrons. The van der Waals surface area contributed by atoms with E-state index in [4.69, 9.17) is 16.0 Å². The topological polar surface area (TPSA) is 70.9 Å². The normalized spacial score (nSPS) is 10.8. The average molecular weight is 322 g/mol. The fourth-order valence-electron chi connectivity index (χ4n) is 1.85. The molecule has 1 amide bonds. The standard InChI is InChI=1S/C14H12ClN3O2S/c1-8-2-4-12(20-8)10-6-11(18-17-10)14(19)16-7-9-3-5-13(15)21-9/h2-6H,7H2,1H3,(H,16,19)(H,17,18). The fraction of sp³-hybridized carbons (Fsp3) is 0.143. The molecule has 0 bridgehead atoms. The van der Waals surface area contributed by atoms with Crippen LogP contribution in [0.1, 0.15) is 21.1 Å². The highest BCUT2D eigenvalue weighted by atomic mass is 35.5. The van der Waals surface area contributed by atoms with E-state index in [1.165, 1.54) is 11.3 Å². The lowest BCUT2D eigenvalue weighted by Crippen LogP contribution is -2.22. The Labute approximate surface area is 129 Å². The number of aromatic amines is 1. The van der Waals surface area contributed by atoms with Gasteiger partial charge in [-0.3, -0.25) is 9.89 Å². The van der Waals surface area contributed by atoms with E-state index in [-0.39, 0.29) is 5.91 Å². The molecule has 0 spiro atoms. The van der Waals surface area contributed by atoms with Gasteiger partial charge in [0.1, 0.15) is 11.5 Å². The van der Waals surface area contributed by atoms with Crippen LogP contribution in [0.5, 0.6) is 0 Å². The zero-order valence-electron chi connectivity index (χ0n) is 11.1. The van der Waals surface area contributed by atoms with Crippen LogP contribution in [0, 0.1) is 6.92 Å². The first kappa shape index (κ1) is 13.9. The van der Waals surface area contributed by atoms with Gasteiger partial charge in [-0.05, 0) is 31.2 Å². The van der Waals surface area contributed by atoms with Crippen molar-refractivity contribution in [2.75, 3.05) is 0 Å². The maximum Gasteiger partial charge on any atom is 0.272 e. The molecule has 0 atom stereocenters. The van der Waals surface area contributed by atoms with Crippen molar-refractivity contribution in [3.63, 3.8) is 0 Å². The predicted octanol–water partition coefficient (Wildman–Crippen LogP) is 3.62. The van der Waals surface area contributed by atoms with Crippen molar-refractivity contribution >= 4 is 28.8 Å². The number of carbonyl (C=O) groups excluding carboxylic acids is 1. The van der Waals surface area contributed by atoms with Crippen LogP contribution in [0.3, 0.4) is 0 Å². The third kappa shape index (κ3) is 3.17. The molecule has 0 unspecified atom stereocenters. The number of carbonyl (C=O) groups is 1. The van der Waals surface area contributed by atoms with Crippen LogP contribution in [0.4, 0.5) is 0 Å². The zero-order chi connectivity index (χ0) is 14.8. The summed E-state index contributed by atoms with van der Waals surface area (Å²) in [6.07, 6.45) is 0. The molecular formula is C14H12ClN3O2S. The SMILES string of the molecule is Cc1ccc(-c2cc(C(=O)NCc3ccc(Cl)s3)n[nH]2)o1. The van der Waals surface area contributed by atoms with Gasteiger partial charge >= 0.3 is 0 Å². The summed E-state index contributed by atoms with van der Waals surface area (Å²) in [6.45, 7) is 2.29. The van der Waals surface area contributed by atoms with Gasteiger partial charge in [-0.25, -0.2) is 0 Å². The minimum absolute atomic E-state index is 0.245. The molecule has 3 aromatic heterocycles. The molecule has 0 aliphatic rings. The molecule has 0 aliphatic heterocycles. The predicted molar refractivity (Wildman–Crippen MR) is 81.5 cm³/mol. The summed E-state index contributed by atoms with van der Waals surface area (Å²) in [7, 11) is 0. The van der Waals surface area contributed by atoms with E-state index in [1.807, 2.05) is 25.1 Å². The van der Waals surface area contributed by atoms with Gasteiger partial charge in [-0.1, -0.05) is 11.6 Å². The van der Waals surface area contributed by atoms with Crippen LogP contribution in [-0.2, 0) is 6.54 Å². The van der Waals surface area contributed by atoms with Crippen LogP contribution in [-0.4, -0.2) is 16.1 Å². The Hall–Kier alpha value is -2.05. The van der Waals surface area contributed by atoms with Gasteiger partial charge in [0.25, 0.3) is 5.91 Å².